The van der Waals surface area contributed by atoms with Crippen molar-refractivity contribution >= 4 is 5.91 Å². The number of nitrogens with zero attached hydrogens (tertiary/aromatic N) is 1. The van der Waals surface area contributed by atoms with E-state index in [1.54, 1.807) is 30.1 Å². The molecule has 1 atom stereocenters. The molecule has 2 aromatic rings. The van der Waals surface area contributed by atoms with Gasteiger partial charge >= 0.3 is 0 Å². The fraction of sp³-hybridized carbons (Fsp3) is 0.381. The Morgan fingerprint density at radius 3 is 2.50 bits per heavy atom. The highest BCUT2D eigenvalue weighted by molar-refractivity contribution is 5.78. The standard InChI is InChI=1S/C21H25FN2O2/c1-24(13-16-9-5-6-10-19(16)22)14-20(26)23-21(17-11-18(25)12-17)15-7-3-2-4-8-15/h2-10,17-18,21,25H,11-14H2,1H3,(H,23,26)/t17?,18?,21-/m1/s1. The summed E-state index contributed by atoms with van der Waals surface area (Å²) < 4.78 is 13.8. The monoisotopic (exact) mass is 356 g/mol. The summed E-state index contributed by atoms with van der Waals surface area (Å²) in [6.07, 6.45) is 1.13. The molecule has 2 aromatic carbocycles. The van der Waals surface area contributed by atoms with E-state index in [0.717, 1.165) is 5.56 Å². The summed E-state index contributed by atoms with van der Waals surface area (Å²) >= 11 is 0. The van der Waals surface area contributed by atoms with Gasteiger partial charge in [-0.25, -0.2) is 4.39 Å². The number of aliphatic hydroxyl groups excluding tert-OH is 1. The van der Waals surface area contributed by atoms with Crippen LogP contribution in [0.1, 0.15) is 30.0 Å². The zero-order chi connectivity index (χ0) is 18.5. The molecule has 0 aromatic heterocycles. The van der Waals surface area contributed by atoms with Crippen molar-refractivity contribution in [1.29, 1.82) is 0 Å². The van der Waals surface area contributed by atoms with Crippen LogP contribution in [0.5, 0.6) is 0 Å². The van der Waals surface area contributed by atoms with E-state index < -0.39 is 0 Å². The van der Waals surface area contributed by atoms with E-state index in [9.17, 15) is 14.3 Å². The lowest BCUT2D eigenvalue weighted by Crippen LogP contribution is -2.44. The topological polar surface area (TPSA) is 52.6 Å². The summed E-state index contributed by atoms with van der Waals surface area (Å²) in [5.74, 6) is -0.113. The van der Waals surface area contributed by atoms with Crippen LogP contribution in [-0.2, 0) is 11.3 Å². The van der Waals surface area contributed by atoms with Crippen LogP contribution in [0.3, 0.4) is 0 Å². The minimum absolute atomic E-state index is 0.0981. The smallest absolute Gasteiger partial charge is 0.234 e. The van der Waals surface area contributed by atoms with E-state index in [2.05, 4.69) is 5.32 Å². The van der Waals surface area contributed by atoms with Gasteiger partial charge in [0.15, 0.2) is 0 Å². The van der Waals surface area contributed by atoms with Crippen molar-refractivity contribution in [3.8, 4) is 0 Å². The first-order chi connectivity index (χ1) is 12.5. The third-order valence-electron chi connectivity index (χ3n) is 4.91. The lowest BCUT2D eigenvalue weighted by atomic mass is 9.75. The number of likely N-dealkylation sites (N-methyl/N-ethyl adjacent to an activating group) is 1. The highest BCUT2D eigenvalue weighted by Crippen LogP contribution is 2.37. The Morgan fingerprint density at radius 1 is 1.19 bits per heavy atom. The molecule has 3 rings (SSSR count). The average Bonchev–Trinajstić information content (AvgIpc) is 2.60. The van der Waals surface area contributed by atoms with Gasteiger partial charge in [0.05, 0.1) is 18.7 Å². The van der Waals surface area contributed by atoms with E-state index in [-0.39, 0.29) is 36.3 Å². The van der Waals surface area contributed by atoms with Gasteiger partial charge in [-0.1, -0.05) is 48.5 Å². The van der Waals surface area contributed by atoms with Crippen LogP contribution in [-0.4, -0.2) is 35.6 Å². The number of hydrogen-bond acceptors (Lipinski definition) is 3. The maximum Gasteiger partial charge on any atom is 0.234 e. The number of amides is 1. The first kappa shape index (κ1) is 18.5. The van der Waals surface area contributed by atoms with Gasteiger partial charge in [0.25, 0.3) is 0 Å². The second kappa shape index (κ2) is 8.43. The molecule has 26 heavy (non-hydrogen) atoms. The number of carbonyl (C=O) groups excluding carboxylic acids is 1. The summed E-state index contributed by atoms with van der Waals surface area (Å²) in [4.78, 5) is 14.3. The molecule has 0 bridgehead atoms. The molecule has 4 nitrogen and oxygen atoms in total. The van der Waals surface area contributed by atoms with Crippen LogP contribution < -0.4 is 5.32 Å². The number of nitrogens with one attached hydrogen (secondary N) is 1. The molecule has 0 spiro atoms. The van der Waals surface area contributed by atoms with Crippen molar-refractivity contribution < 1.29 is 14.3 Å². The first-order valence-electron chi connectivity index (χ1n) is 8.97. The van der Waals surface area contributed by atoms with Gasteiger partial charge < -0.3 is 10.4 Å². The van der Waals surface area contributed by atoms with E-state index >= 15 is 0 Å². The Kier molecular flexibility index (Phi) is 6.01. The molecule has 1 fully saturated rings. The van der Waals surface area contributed by atoms with Crippen molar-refractivity contribution in [2.24, 2.45) is 5.92 Å². The first-order valence-corrected chi connectivity index (χ1v) is 8.97. The molecule has 0 radical (unpaired) electrons. The molecule has 5 heteroatoms. The molecule has 1 amide bonds. The molecule has 1 aliphatic carbocycles. The highest BCUT2D eigenvalue weighted by atomic mass is 19.1. The van der Waals surface area contributed by atoms with Crippen LogP contribution in [0.25, 0.3) is 0 Å². The molecule has 1 aliphatic rings. The maximum atomic E-state index is 13.8. The number of hydrogen-bond donors (Lipinski definition) is 2. The average molecular weight is 356 g/mol. The minimum Gasteiger partial charge on any atom is -0.393 e. The molecule has 0 heterocycles. The molecular weight excluding hydrogens is 331 g/mol. The Morgan fingerprint density at radius 2 is 1.85 bits per heavy atom. The fourth-order valence-corrected chi connectivity index (χ4v) is 3.47. The third-order valence-corrected chi connectivity index (χ3v) is 4.91. The fourth-order valence-electron chi connectivity index (χ4n) is 3.47. The Labute approximate surface area is 153 Å². The highest BCUT2D eigenvalue weighted by Gasteiger charge is 2.35. The summed E-state index contributed by atoms with van der Waals surface area (Å²) in [7, 11) is 1.80. The second-order valence-corrected chi connectivity index (χ2v) is 7.10. The Hall–Kier alpha value is -2.24. The van der Waals surface area contributed by atoms with Crippen LogP contribution in [0, 0.1) is 11.7 Å². The van der Waals surface area contributed by atoms with Crippen molar-refractivity contribution in [3.05, 3.63) is 71.5 Å². The summed E-state index contributed by atoms with van der Waals surface area (Å²) in [6.45, 7) is 0.561. The molecule has 0 saturated heterocycles. The third kappa shape index (κ3) is 4.68. The van der Waals surface area contributed by atoms with Crippen LogP contribution >= 0.6 is 0 Å². The van der Waals surface area contributed by atoms with E-state index in [1.807, 2.05) is 30.3 Å². The maximum absolute atomic E-state index is 13.8. The molecule has 0 aliphatic heterocycles. The minimum atomic E-state index is -0.271. The normalized spacial score (nSPS) is 20.5. The number of aliphatic hydroxyl groups is 1. The Bertz CT molecular complexity index is 732. The summed E-state index contributed by atoms with van der Waals surface area (Å²) in [5, 5.41) is 12.7. The zero-order valence-corrected chi connectivity index (χ0v) is 14.9. The SMILES string of the molecule is CN(CC(=O)N[C@H](c1ccccc1)C1CC(O)C1)Cc1ccccc1F. The van der Waals surface area contributed by atoms with E-state index in [0.29, 0.717) is 24.9 Å². The number of benzene rings is 2. The van der Waals surface area contributed by atoms with Gasteiger partial charge in [-0.15, -0.1) is 0 Å². The summed E-state index contributed by atoms with van der Waals surface area (Å²) in [5.41, 5.74) is 1.62. The molecule has 1 saturated carbocycles. The van der Waals surface area contributed by atoms with Crippen LogP contribution in [0.2, 0.25) is 0 Å². The van der Waals surface area contributed by atoms with Crippen molar-refractivity contribution in [2.75, 3.05) is 13.6 Å². The number of carbonyl (C=O) groups is 1. The van der Waals surface area contributed by atoms with Crippen molar-refractivity contribution in [2.45, 2.75) is 31.5 Å². The van der Waals surface area contributed by atoms with Gasteiger partial charge in [0, 0.05) is 12.1 Å². The van der Waals surface area contributed by atoms with Gasteiger partial charge in [0.1, 0.15) is 5.82 Å². The number of rotatable bonds is 7. The molecule has 2 N–H and O–H groups in total. The van der Waals surface area contributed by atoms with E-state index in [4.69, 9.17) is 0 Å². The zero-order valence-electron chi connectivity index (χ0n) is 14.9. The largest absolute Gasteiger partial charge is 0.393 e. The van der Waals surface area contributed by atoms with Gasteiger partial charge in [-0.2, -0.15) is 0 Å². The predicted molar refractivity (Wildman–Crippen MR) is 98.8 cm³/mol. The van der Waals surface area contributed by atoms with Gasteiger partial charge in [-0.3, -0.25) is 9.69 Å². The Balaban J connectivity index is 1.60. The van der Waals surface area contributed by atoms with Crippen molar-refractivity contribution in [3.63, 3.8) is 0 Å². The molecular formula is C21H25FN2O2. The van der Waals surface area contributed by atoms with Crippen molar-refractivity contribution in [1.82, 2.24) is 10.2 Å². The predicted octanol–water partition coefficient (Wildman–Crippen LogP) is 2.89. The summed E-state index contributed by atoms with van der Waals surface area (Å²) in [6, 6.07) is 16.3. The van der Waals surface area contributed by atoms with E-state index in [1.165, 1.54) is 6.07 Å². The second-order valence-electron chi connectivity index (χ2n) is 7.10. The van der Waals surface area contributed by atoms with Crippen LogP contribution in [0.15, 0.2) is 54.6 Å². The lowest BCUT2D eigenvalue weighted by Gasteiger charge is -2.38. The quantitative estimate of drug-likeness (QED) is 0.802. The molecule has 0 unspecified atom stereocenters. The lowest BCUT2D eigenvalue weighted by molar-refractivity contribution is -0.124. The number of halogens is 1. The van der Waals surface area contributed by atoms with Gasteiger partial charge in [-0.05, 0) is 37.4 Å². The molecule has 138 valence electrons. The van der Waals surface area contributed by atoms with Crippen LogP contribution in [0.4, 0.5) is 4.39 Å². The van der Waals surface area contributed by atoms with Gasteiger partial charge in [0.2, 0.25) is 5.91 Å².